The minimum Gasteiger partial charge on any atom is -0.468 e. The van der Waals surface area contributed by atoms with Gasteiger partial charge >= 0.3 is 0 Å². The van der Waals surface area contributed by atoms with Crippen LogP contribution in [0.25, 0.3) is 0 Å². The summed E-state index contributed by atoms with van der Waals surface area (Å²) in [6.45, 7) is 1.16. The Bertz CT molecular complexity index is 806. The average Bonchev–Trinajstić information content (AvgIpc) is 3.31. The molecule has 1 atom stereocenters. The first-order valence-electron chi connectivity index (χ1n) is 8.57. The van der Waals surface area contributed by atoms with E-state index >= 15 is 0 Å². The molecule has 0 spiro atoms. The van der Waals surface area contributed by atoms with E-state index in [2.05, 4.69) is 0 Å². The second-order valence-electron chi connectivity index (χ2n) is 6.23. The van der Waals surface area contributed by atoms with Crippen LogP contribution in [-0.4, -0.2) is 29.3 Å². The summed E-state index contributed by atoms with van der Waals surface area (Å²) in [6.07, 6.45) is 2.31. The summed E-state index contributed by atoms with van der Waals surface area (Å²) >= 11 is 0. The predicted octanol–water partition coefficient (Wildman–Crippen LogP) is 3.73. The van der Waals surface area contributed by atoms with Gasteiger partial charge < -0.3 is 18.7 Å². The van der Waals surface area contributed by atoms with Crippen molar-refractivity contribution in [2.45, 2.75) is 25.8 Å². The van der Waals surface area contributed by atoms with Gasteiger partial charge in [-0.3, -0.25) is 4.90 Å². The van der Waals surface area contributed by atoms with Crippen molar-refractivity contribution in [3.8, 4) is 0 Å². The van der Waals surface area contributed by atoms with Gasteiger partial charge in [0.2, 0.25) is 0 Å². The molecule has 0 aliphatic carbocycles. The standard InChI is InChI=1S/C20H21F2NO4/c21-16-6-5-15(20(22)9-16)10-23(12-18-3-1-7-26-18)11-17(24)13-25-14-19-4-2-8-27-19/h1-9,17,24H,10-14H2. The molecule has 144 valence electrons. The Labute approximate surface area is 155 Å². The second kappa shape index (κ2) is 9.45. The van der Waals surface area contributed by atoms with E-state index in [0.29, 0.717) is 23.6 Å². The number of furan rings is 2. The van der Waals surface area contributed by atoms with Crippen molar-refractivity contribution in [1.29, 1.82) is 0 Å². The SMILES string of the molecule is OC(COCc1ccco1)CN(Cc1ccco1)Cc1ccc(F)cc1F. The van der Waals surface area contributed by atoms with Crippen LogP contribution >= 0.6 is 0 Å². The van der Waals surface area contributed by atoms with Gasteiger partial charge in [-0.25, -0.2) is 8.78 Å². The van der Waals surface area contributed by atoms with Crippen LogP contribution in [0.5, 0.6) is 0 Å². The lowest BCUT2D eigenvalue weighted by Gasteiger charge is -2.24. The van der Waals surface area contributed by atoms with Crippen molar-refractivity contribution in [3.63, 3.8) is 0 Å². The fourth-order valence-corrected chi connectivity index (χ4v) is 2.74. The maximum absolute atomic E-state index is 14.0. The lowest BCUT2D eigenvalue weighted by molar-refractivity contribution is 0.00147. The van der Waals surface area contributed by atoms with Gasteiger partial charge in [0, 0.05) is 24.7 Å². The molecular formula is C20H21F2NO4. The number of benzene rings is 1. The fraction of sp³-hybridized carbons (Fsp3) is 0.300. The zero-order chi connectivity index (χ0) is 19.1. The van der Waals surface area contributed by atoms with Gasteiger partial charge in [0.1, 0.15) is 29.8 Å². The number of hydrogen-bond acceptors (Lipinski definition) is 5. The Kier molecular flexibility index (Phi) is 6.75. The lowest BCUT2D eigenvalue weighted by Crippen LogP contribution is -2.34. The van der Waals surface area contributed by atoms with Crippen molar-refractivity contribution in [1.82, 2.24) is 4.90 Å². The van der Waals surface area contributed by atoms with Crippen LogP contribution in [0.3, 0.4) is 0 Å². The minimum absolute atomic E-state index is 0.0985. The first-order valence-corrected chi connectivity index (χ1v) is 8.57. The number of rotatable bonds is 10. The lowest BCUT2D eigenvalue weighted by atomic mass is 10.1. The van der Waals surface area contributed by atoms with E-state index in [1.165, 1.54) is 12.1 Å². The van der Waals surface area contributed by atoms with Crippen molar-refractivity contribution >= 4 is 0 Å². The van der Waals surface area contributed by atoms with Gasteiger partial charge in [-0.15, -0.1) is 0 Å². The fourth-order valence-electron chi connectivity index (χ4n) is 2.74. The van der Waals surface area contributed by atoms with Crippen LogP contribution in [0, 0.1) is 11.6 Å². The van der Waals surface area contributed by atoms with E-state index < -0.39 is 17.7 Å². The summed E-state index contributed by atoms with van der Waals surface area (Å²) < 4.78 is 43.1. The number of aliphatic hydroxyl groups is 1. The molecule has 0 fully saturated rings. The Hall–Kier alpha value is -2.48. The van der Waals surface area contributed by atoms with Gasteiger partial charge in [0.05, 0.1) is 31.8 Å². The zero-order valence-corrected chi connectivity index (χ0v) is 14.7. The third-order valence-electron chi connectivity index (χ3n) is 3.97. The monoisotopic (exact) mass is 377 g/mol. The Morgan fingerprint density at radius 2 is 1.74 bits per heavy atom. The molecule has 1 unspecified atom stereocenters. The summed E-state index contributed by atoms with van der Waals surface area (Å²) in [5.74, 6) is 0.104. The molecule has 0 radical (unpaired) electrons. The molecule has 0 aliphatic heterocycles. The number of hydrogen-bond donors (Lipinski definition) is 1. The molecule has 1 N–H and O–H groups in total. The summed E-state index contributed by atoms with van der Waals surface area (Å²) in [7, 11) is 0. The largest absolute Gasteiger partial charge is 0.468 e. The number of aliphatic hydroxyl groups excluding tert-OH is 1. The van der Waals surface area contributed by atoms with Crippen LogP contribution in [0.1, 0.15) is 17.1 Å². The summed E-state index contributed by atoms with van der Waals surface area (Å²) in [6, 6.07) is 10.6. The summed E-state index contributed by atoms with van der Waals surface area (Å²) in [5, 5.41) is 10.3. The van der Waals surface area contributed by atoms with Gasteiger partial charge in [-0.2, -0.15) is 0 Å². The highest BCUT2D eigenvalue weighted by molar-refractivity contribution is 5.18. The highest BCUT2D eigenvalue weighted by Crippen LogP contribution is 2.15. The van der Waals surface area contributed by atoms with Crippen LogP contribution in [-0.2, 0) is 24.4 Å². The first-order chi connectivity index (χ1) is 13.1. The number of halogens is 2. The van der Waals surface area contributed by atoms with Crippen molar-refractivity contribution < 1.29 is 27.5 Å². The van der Waals surface area contributed by atoms with Crippen LogP contribution in [0.15, 0.2) is 63.8 Å². The topological polar surface area (TPSA) is 59.0 Å². The van der Waals surface area contributed by atoms with E-state index in [4.69, 9.17) is 13.6 Å². The molecule has 0 bridgehead atoms. The van der Waals surface area contributed by atoms with Crippen molar-refractivity contribution in [2.24, 2.45) is 0 Å². The number of ether oxygens (including phenoxy) is 1. The van der Waals surface area contributed by atoms with Crippen molar-refractivity contribution in [2.75, 3.05) is 13.2 Å². The highest BCUT2D eigenvalue weighted by Gasteiger charge is 2.16. The number of nitrogens with zero attached hydrogens (tertiary/aromatic N) is 1. The molecule has 0 aliphatic rings. The van der Waals surface area contributed by atoms with E-state index in [-0.39, 0.29) is 26.3 Å². The molecule has 0 saturated heterocycles. The smallest absolute Gasteiger partial charge is 0.130 e. The second-order valence-corrected chi connectivity index (χ2v) is 6.23. The third kappa shape index (κ3) is 6.02. The van der Waals surface area contributed by atoms with Crippen LogP contribution in [0.4, 0.5) is 8.78 Å². The maximum atomic E-state index is 14.0. The maximum Gasteiger partial charge on any atom is 0.130 e. The molecule has 0 amide bonds. The quantitative estimate of drug-likeness (QED) is 0.583. The van der Waals surface area contributed by atoms with Gasteiger partial charge in [-0.05, 0) is 30.3 Å². The molecular weight excluding hydrogens is 356 g/mol. The molecule has 0 saturated carbocycles. The highest BCUT2D eigenvalue weighted by atomic mass is 19.1. The summed E-state index contributed by atoms with van der Waals surface area (Å²) in [4.78, 5) is 1.82. The van der Waals surface area contributed by atoms with E-state index in [1.54, 1.807) is 36.8 Å². The predicted molar refractivity (Wildman–Crippen MR) is 93.6 cm³/mol. The van der Waals surface area contributed by atoms with Gasteiger partial charge in [0.15, 0.2) is 0 Å². The molecule has 5 nitrogen and oxygen atoms in total. The van der Waals surface area contributed by atoms with Crippen LogP contribution in [0.2, 0.25) is 0 Å². The molecule has 2 aromatic heterocycles. The Balaban J connectivity index is 1.58. The summed E-state index contributed by atoms with van der Waals surface area (Å²) in [5.41, 5.74) is 0.340. The molecule has 2 heterocycles. The molecule has 27 heavy (non-hydrogen) atoms. The molecule has 3 rings (SSSR count). The van der Waals surface area contributed by atoms with E-state index in [1.807, 2.05) is 4.90 Å². The normalized spacial score (nSPS) is 12.6. The van der Waals surface area contributed by atoms with Crippen molar-refractivity contribution in [3.05, 3.63) is 83.7 Å². The molecule has 7 heteroatoms. The third-order valence-corrected chi connectivity index (χ3v) is 3.97. The minimum atomic E-state index is -0.793. The van der Waals surface area contributed by atoms with Gasteiger partial charge in [0.25, 0.3) is 0 Å². The van der Waals surface area contributed by atoms with E-state index in [0.717, 1.165) is 6.07 Å². The zero-order valence-electron chi connectivity index (χ0n) is 14.7. The Morgan fingerprint density at radius 3 is 2.41 bits per heavy atom. The molecule has 1 aromatic carbocycles. The van der Waals surface area contributed by atoms with E-state index in [9.17, 15) is 13.9 Å². The average molecular weight is 377 g/mol. The first kappa shape index (κ1) is 19.3. The molecule has 3 aromatic rings. The Morgan fingerprint density at radius 1 is 1.00 bits per heavy atom. The van der Waals surface area contributed by atoms with Crippen LogP contribution < -0.4 is 0 Å². The van der Waals surface area contributed by atoms with Gasteiger partial charge in [-0.1, -0.05) is 6.07 Å².